The van der Waals surface area contributed by atoms with Gasteiger partial charge in [0.1, 0.15) is 30.2 Å². The van der Waals surface area contributed by atoms with E-state index in [1.54, 1.807) is 0 Å². The van der Waals surface area contributed by atoms with Crippen LogP contribution in [0.15, 0.2) is 30.6 Å². The van der Waals surface area contributed by atoms with Gasteiger partial charge in [-0.05, 0) is 18.2 Å². The summed E-state index contributed by atoms with van der Waals surface area (Å²) >= 11 is 11.8. The van der Waals surface area contributed by atoms with Crippen LogP contribution in [0.25, 0.3) is 10.9 Å². The average molecular weight is 538 g/mol. The third-order valence-corrected chi connectivity index (χ3v) is 5.64. The Morgan fingerprint density at radius 1 is 1.00 bits per heavy atom. The predicted molar refractivity (Wildman–Crippen MR) is 125 cm³/mol. The Labute approximate surface area is 208 Å². The molecular formula is C21H23Cl2F2N3O7. The molecular weight excluding hydrogens is 515 g/mol. The molecule has 0 unspecified atom stereocenters. The minimum absolute atomic E-state index is 0. The van der Waals surface area contributed by atoms with E-state index < -0.39 is 43.5 Å². The lowest BCUT2D eigenvalue weighted by molar-refractivity contribution is -0.0981. The number of aromatic nitrogens is 2. The van der Waals surface area contributed by atoms with Crippen LogP contribution in [0.3, 0.4) is 0 Å². The summed E-state index contributed by atoms with van der Waals surface area (Å²) in [6.07, 6.45) is -6.28. The van der Waals surface area contributed by atoms with Gasteiger partial charge in [0.2, 0.25) is 0 Å². The quantitative estimate of drug-likeness (QED) is 0.242. The van der Waals surface area contributed by atoms with Gasteiger partial charge in [0, 0.05) is 11.5 Å². The van der Waals surface area contributed by atoms with Gasteiger partial charge in [-0.1, -0.05) is 23.2 Å². The summed E-state index contributed by atoms with van der Waals surface area (Å²) in [5.41, 5.74) is 0.315. The van der Waals surface area contributed by atoms with Crippen LogP contribution in [-0.2, 0) is 0 Å². The first-order valence-electron chi connectivity index (χ1n) is 9.83. The fourth-order valence-corrected chi connectivity index (χ4v) is 3.40. The molecule has 0 amide bonds. The Morgan fingerprint density at radius 2 is 1.69 bits per heavy atom. The number of ether oxygens (including phenoxy) is 2. The molecule has 0 spiro atoms. The van der Waals surface area contributed by atoms with Gasteiger partial charge in [0.25, 0.3) is 0 Å². The number of anilines is 2. The number of halogens is 4. The summed E-state index contributed by atoms with van der Waals surface area (Å²) < 4.78 is 38.8. The Bertz CT molecular complexity index is 1160. The number of alkyl halides is 1. The highest BCUT2D eigenvalue weighted by Gasteiger charge is 2.34. The van der Waals surface area contributed by atoms with E-state index in [-0.39, 0.29) is 38.5 Å². The number of benzene rings is 2. The molecule has 0 aliphatic rings. The highest BCUT2D eigenvalue weighted by atomic mass is 35.5. The van der Waals surface area contributed by atoms with E-state index in [1.165, 1.54) is 31.6 Å². The van der Waals surface area contributed by atoms with Crippen molar-refractivity contribution in [3.8, 4) is 11.5 Å². The van der Waals surface area contributed by atoms with E-state index in [9.17, 15) is 24.1 Å². The second kappa shape index (κ2) is 12.4. The summed E-state index contributed by atoms with van der Waals surface area (Å²) in [6, 6.07) is 5.21. The van der Waals surface area contributed by atoms with Crippen LogP contribution in [0.1, 0.15) is 0 Å². The number of rotatable bonds is 10. The zero-order valence-corrected chi connectivity index (χ0v) is 19.6. The van der Waals surface area contributed by atoms with Crippen molar-refractivity contribution in [2.24, 2.45) is 0 Å². The Hall–Kier alpha value is -2.58. The van der Waals surface area contributed by atoms with Crippen molar-refractivity contribution >= 4 is 45.6 Å². The zero-order valence-electron chi connectivity index (χ0n) is 18.1. The fourth-order valence-electron chi connectivity index (χ4n) is 3.08. The number of fused-ring (bicyclic) bond motifs is 1. The molecule has 3 rings (SSSR count). The van der Waals surface area contributed by atoms with Crippen molar-refractivity contribution < 1.29 is 44.2 Å². The molecule has 0 radical (unpaired) electrons. The number of aliphatic hydroxyl groups excluding tert-OH is 4. The van der Waals surface area contributed by atoms with Gasteiger partial charge in [0.05, 0.1) is 41.6 Å². The van der Waals surface area contributed by atoms with Gasteiger partial charge < -0.3 is 40.7 Å². The van der Waals surface area contributed by atoms with Crippen molar-refractivity contribution in [3.63, 3.8) is 0 Å². The summed E-state index contributed by atoms with van der Waals surface area (Å²) in [4.78, 5) is 8.25. The molecule has 0 aliphatic carbocycles. The predicted octanol–water partition coefficient (Wildman–Crippen LogP) is 1.80. The Morgan fingerprint density at radius 3 is 2.31 bits per heavy atom. The first-order valence-corrected chi connectivity index (χ1v) is 10.6. The first-order chi connectivity index (χ1) is 16.2. The van der Waals surface area contributed by atoms with Crippen molar-refractivity contribution in [2.75, 3.05) is 25.6 Å². The van der Waals surface area contributed by atoms with Crippen LogP contribution in [0, 0.1) is 5.82 Å². The van der Waals surface area contributed by atoms with E-state index in [1.807, 2.05) is 0 Å². The smallest absolute Gasteiger partial charge is 0.164 e. The Balaban J connectivity index is 0.00000432. The lowest BCUT2D eigenvalue weighted by atomic mass is 10.0. The number of nitrogens with zero attached hydrogens (tertiary/aromatic N) is 2. The maximum absolute atomic E-state index is 14.3. The molecule has 0 bridgehead atoms. The van der Waals surface area contributed by atoms with Crippen molar-refractivity contribution in [3.05, 3.63) is 46.5 Å². The molecule has 192 valence electrons. The molecule has 1 heterocycles. The van der Waals surface area contributed by atoms with Crippen molar-refractivity contribution in [2.45, 2.75) is 24.5 Å². The van der Waals surface area contributed by atoms with Gasteiger partial charge in [-0.3, -0.25) is 0 Å². The molecule has 0 saturated carbocycles. The molecule has 7 N–H and O–H groups in total. The molecule has 14 heteroatoms. The number of hydrogen-bond donors (Lipinski definition) is 5. The Kier molecular flexibility index (Phi) is 10.2. The monoisotopic (exact) mass is 537 g/mol. The van der Waals surface area contributed by atoms with Crippen LogP contribution < -0.4 is 14.8 Å². The van der Waals surface area contributed by atoms with Crippen LogP contribution in [0.4, 0.5) is 20.3 Å². The topological polar surface area (TPSA) is 169 Å². The summed E-state index contributed by atoms with van der Waals surface area (Å²) in [5, 5.41) is 41.8. The molecule has 10 nitrogen and oxygen atoms in total. The molecule has 0 saturated heterocycles. The standard InChI is InChI=1S/C21H21Cl2F2N3O6.H2O/c1-33-16-2-9-14(5-17(16)34-18(7-30)20(32)19(31)13(25)6-29)26-8-27-21(9)28-15-4-11(23)10(22)3-12(15)24;/h2-5,8,13,18-20,29-32H,6-7H2,1H3,(H,26,27,28);1H2/t13-,18-,19+,20+;/m1./s1. The maximum Gasteiger partial charge on any atom is 0.164 e. The van der Waals surface area contributed by atoms with E-state index in [4.69, 9.17) is 37.8 Å². The molecule has 0 aliphatic heterocycles. The van der Waals surface area contributed by atoms with Gasteiger partial charge in [-0.25, -0.2) is 18.7 Å². The zero-order chi connectivity index (χ0) is 25.0. The average Bonchev–Trinajstić information content (AvgIpc) is 2.83. The lowest BCUT2D eigenvalue weighted by Crippen LogP contribution is -2.48. The molecule has 3 aromatic rings. The number of aliphatic hydroxyl groups is 4. The third-order valence-electron chi connectivity index (χ3n) is 4.92. The van der Waals surface area contributed by atoms with Crippen LogP contribution >= 0.6 is 23.2 Å². The number of hydrogen-bond acceptors (Lipinski definition) is 9. The van der Waals surface area contributed by atoms with Gasteiger partial charge in [0.15, 0.2) is 23.8 Å². The number of methoxy groups -OCH3 is 1. The second-order valence-corrected chi connectivity index (χ2v) is 7.95. The molecule has 1 aromatic heterocycles. The SMILES string of the molecule is COc1cc2c(Nc3cc(Cl)c(Cl)cc3F)ncnc2cc1O[C@H](CO)[C@H](O)[C@@H](O)[C@H](F)CO.O. The van der Waals surface area contributed by atoms with E-state index in [2.05, 4.69) is 15.3 Å². The van der Waals surface area contributed by atoms with Crippen molar-refractivity contribution in [1.29, 1.82) is 0 Å². The molecule has 2 aromatic carbocycles. The fraction of sp³-hybridized carbons (Fsp3) is 0.333. The van der Waals surface area contributed by atoms with E-state index >= 15 is 0 Å². The van der Waals surface area contributed by atoms with Crippen LogP contribution in [0.2, 0.25) is 10.0 Å². The first kappa shape index (κ1) is 28.7. The van der Waals surface area contributed by atoms with E-state index in [0.29, 0.717) is 10.9 Å². The largest absolute Gasteiger partial charge is 0.493 e. The third kappa shape index (κ3) is 6.35. The molecule has 4 atom stereocenters. The minimum Gasteiger partial charge on any atom is -0.493 e. The molecule has 35 heavy (non-hydrogen) atoms. The summed E-state index contributed by atoms with van der Waals surface area (Å²) in [5.74, 6) is -0.353. The number of nitrogens with one attached hydrogen (secondary N) is 1. The summed E-state index contributed by atoms with van der Waals surface area (Å²) in [7, 11) is 1.33. The van der Waals surface area contributed by atoms with Gasteiger partial charge >= 0.3 is 0 Å². The second-order valence-electron chi connectivity index (χ2n) is 7.13. The maximum atomic E-state index is 14.3. The minimum atomic E-state index is -2.14. The van der Waals surface area contributed by atoms with Crippen LogP contribution in [-0.4, -0.2) is 80.7 Å². The van der Waals surface area contributed by atoms with Crippen LogP contribution in [0.5, 0.6) is 11.5 Å². The van der Waals surface area contributed by atoms with Gasteiger partial charge in [-0.2, -0.15) is 0 Å². The van der Waals surface area contributed by atoms with Gasteiger partial charge in [-0.15, -0.1) is 0 Å². The highest BCUT2D eigenvalue weighted by Crippen LogP contribution is 2.37. The lowest BCUT2D eigenvalue weighted by Gasteiger charge is -2.28. The molecule has 0 fully saturated rings. The van der Waals surface area contributed by atoms with Crippen molar-refractivity contribution in [1.82, 2.24) is 9.97 Å². The highest BCUT2D eigenvalue weighted by molar-refractivity contribution is 6.42. The van der Waals surface area contributed by atoms with E-state index in [0.717, 1.165) is 6.07 Å². The normalized spacial score (nSPS) is 14.5. The summed E-state index contributed by atoms with van der Waals surface area (Å²) in [6.45, 7) is -1.81.